The molecule has 3 rings (SSSR count). The van der Waals surface area contributed by atoms with Gasteiger partial charge in [-0.2, -0.15) is 4.98 Å². The Morgan fingerprint density at radius 2 is 1.96 bits per heavy atom. The number of aryl methyl sites for hydroxylation is 1. The molecule has 1 fully saturated rings. The van der Waals surface area contributed by atoms with Crippen LogP contribution in [-0.4, -0.2) is 23.1 Å². The Kier molecular flexibility index (Phi) is 5.34. The zero-order valence-corrected chi connectivity index (χ0v) is 14.3. The van der Waals surface area contributed by atoms with Crippen molar-refractivity contribution < 1.29 is 0 Å². The Balaban J connectivity index is 1.87. The lowest BCUT2D eigenvalue weighted by Crippen LogP contribution is -2.30. The molecule has 2 aromatic rings. The maximum absolute atomic E-state index is 6.06. The van der Waals surface area contributed by atoms with Gasteiger partial charge in [-0.05, 0) is 43.9 Å². The SMILES string of the molecule is CCCc1cc(N2CCCCC2)nc(Nc2cccc(Cl)c2)n1. The average molecular weight is 331 g/mol. The van der Waals surface area contributed by atoms with Gasteiger partial charge in [0.15, 0.2) is 0 Å². The van der Waals surface area contributed by atoms with E-state index >= 15 is 0 Å². The standard InChI is InChI=1S/C18H23ClN4/c1-2-7-15-13-17(23-10-4-3-5-11-23)22-18(20-15)21-16-9-6-8-14(19)12-16/h6,8-9,12-13H,2-5,7,10-11H2,1H3,(H,20,21,22). The lowest BCUT2D eigenvalue weighted by atomic mass is 10.1. The third-order valence-corrected chi connectivity index (χ3v) is 4.27. The molecule has 5 heteroatoms. The summed E-state index contributed by atoms with van der Waals surface area (Å²) in [6, 6.07) is 9.78. The van der Waals surface area contributed by atoms with Crippen molar-refractivity contribution in [1.29, 1.82) is 0 Å². The van der Waals surface area contributed by atoms with Crippen LogP contribution in [0, 0.1) is 0 Å². The van der Waals surface area contributed by atoms with Crippen molar-refractivity contribution in [3.63, 3.8) is 0 Å². The van der Waals surface area contributed by atoms with Crippen molar-refractivity contribution in [2.75, 3.05) is 23.3 Å². The predicted octanol–water partition coefficient (Wildman–Crippen LogP) is 4.82. The zero-order chi connectivity index (χ0) is 16.1. The molecule has 1 aromatic carbocycles. The van der Waals surface area contributed by atoms with E-state index in [1.165, 1.54) is 19.3 Å². The van der Waals surface area contributed by atoms with Gasteiger partial charge in [0.2, 0.25) is 5.95 Å². The van der Waals surface area contributed by atoms with E-state index in [-0.39, 0.29) is 0 Å². The minimum Gasteiger partial charge on any atom is -0.356 e. The first-order chi connectivity index (χ1) is 11.2. The monoisotopic (exact) mass is 330 g/mol. The third-order valence-electron chi connectivity index (χ3n) is 4.03. The minimum atomic E-state index is 0.652. The molecule has 1 saturated heterocycles. The molecule has 122 valence electrons. The van der Waals surface area contributed by atoms with E-state index in [0.29, 0.717) is 11.0 Å². The molecule has 1 aliphatic heterocycles. The molecular formula is C18H23ClN4. The highest BCUT2D eigenvalue weighted by Crippen LogP contribution is 2.23. The van der Waals surface area contributed by atoms with Gasteiger partial charge in [0, 0.05) is 35.6 Å². The molecule has 0 atom stereocenters. The minimum absolute atomic E-state index is 0.652. The zero-order valence-electron chi connectivity index (χ0n) is 13.6. The summed E-state index contributed by atoms with van der Waals surface area (Å²) >= 11 is 6.06. The largest absolute Gasteiger partial charge is 0.356 e. The molecule has 0 radical (unpaired) electrons. The first-order valence-corrected chi connectivity index (χ1v) is 8.78. The molecule has 1 aliphatic rings. The van der Waals surface area contributed by atoms with Gasteiger partial charge in [0.05, 0.1) is 0 Å². The molecule has 23 heavy (non-hydrogen) atoms. The van der Waals surface area contributed by atoms with Crippen molar-refractivity contribution in [1.82, 2.24) is 9.97 Å². The highest BCUT2D eigenvalue weighted by atomic mass is 35.5. The van der Waals surface area contributed by atoms with E-state index < -0.39 is 0 Å². The highest BCUT2D eigenvalue weighted by molar-refractivity contribution is 6.30. The molecule has 4 nitrogen and oxygen atoms in total. The van der Waals surface area contributed by atoms with Crippen LogP contribution in [0.1, 0.15) is 38.3 Å². The summed E-state index contributed by atoms with van der Waals surface area (Å²) in [5.41, 5.74) is 2.00. The van der Waals surface area contributed by atoms with Crippen LogP contribution in [0.15, 0.2) is 30.3 Å². The van der Waals surface area contributed by atoms with E-state index in [1.807, 2.05) is 24.3 Å². The predicted molar refractivity (Wildman–Crippen MR) is 96.8 cm³/mol. The van der Waals surface area contributed by atoms with Crippen LogP contribution in [-0.2, 0) is 6.42 Å². The second kappa shape index (κ2) is 7.64. The van der Waals surface area contributed by atoms with Crippen LogP contribution >= 0.6 is 11.6 Å². The second-order valence-electron chi connectivity index (χ2n) is 5.97. The summed E-state index contributed by atoms with van der Waals surface area (Å²) < 4.78 is 0. The summed E-state index contributed by atoms with van der Waals surface area (Å²) in [6.07, 6.45) is 5.84. The number of hydrogen-bond donors (Lipinski definition) is 1. The Labute approximate surface area is 142 Å². The van der Waals surface area contributed by atoms with Gasteiger partial charge >= 0.3 is 0 Å². The van der Waals surface area contributed by atoms with Gasteiger partial charge in [-0.3, -0.25) is 0 Å². The number of rotatable bonds is 5. The molecule has 2 heterocycles. The number of piperidine rings is 1. The maximum atomic E-state index is 6.06. The molecular weight excluding hydrogens is 308 g/mol. The van der Waals surface area contributed by atoms with Crippen molar-refractivity contribution in [3.8, 4) is 0 Å². The summed E-state index contributed by atoms with van der Waals surface area (Å²) in [5, 5.41) is 3.99. The number of anilines is 3. The number of benzene rings is 1. The number of nitrogens with zero attached hydrogens (tertiary/aromatic N) is 3. The highest BCUT2D eigenvalue weighted by Gasteiger charge is 2.14. The van der Waals surface area contributed by atoms with Crippen molar-refractivity contribution >= 4 is 29.1 Å². The lowest BCUT2D eigenvalue weighted by Gasteiger charge is -2.28. The molecule has 0 bridgehead atoms. The molecule has 1 N–H and O–H groups in total. The number of hydrogen-bond acceptors (Lipinski definition) is 4. The van der Waals surface area contributed by atoms with E-state index in [1.54, 1.807) is 0 Å². The van der Waals surface area contributed by atoms with Crippen LogP contribution in [0.4, 0.5) is 17.5 Å². The average Bonchev–Trinajstić information content (AvgIpc) is 2.56. The summed E-state index contributed by atoms with van der Waals surface area (Å²) in [7, 11) is 0. The first kappa shape index (κ1) is 16.1. The van der Waals surface area contributed by atoms with Crippen LogP contribution in [0.5, 0.6) is 0 Å². The topological polar surface area (TPSA) is 41.1 Å². The summed E-state index contributed by atoms with van der Waals surface area (Å²) in [4.78, 5) is 11.7. The fourth-order valence-corrected chi connectivity index (χ4v) is 3.09. The van der Waals surface area contributed by atoms with Crippen LogP contribution < -0.4 is 10.2 Å². The van der Waals surface area contributed by atoms with Gasteiger partial charge in [-0.1, -0.05) is 31.0 Å². The fourth-order valence-electron chi connectivity index (χ4n) is 2.90. The first-order valence-electron chi connectivity index (χ1n) is 8.40. The van der Waals surface area contributed by atoms with E-state index in [0.717, 1.165) is 43.1 Å². The number of halogens is 1. The van der Waals surface area contributed by atoms with Gasteiger partial charge in [0.1, 0.15) is 5.82 Å². The third kappa shape index (κ3) is 4.35. The molecule has 1 aromatic heterocycles. The molecule has 0 aliphatic carbocycles. The molecule has 0 saturated carbocycles. The molecule has 0 unspecified atom stereocenters. The van der Waals surface area contributed by atoms with Crippen LogP contribution in [0.25, 0.3) is 0 Å². The smallest absolute Gasteiger partial charge is 0.229 e. The van der Waals surface area contributed by atoms with Gasteiger partial charge in [0.25, 0.3) is 0 Å². The molecule has 0 amide bonds. The van der Waals surface area contributed by atoms with Gasteiger partial charge in [-0.25, -0.2) is 4.98 Å². The summed E-state index contributed by atoms with van der Waals surface area (Å²) in [5.74, 6) is 1.69. The van der Waals surface area contributed by atoms with Gasteiger partial charge < -0.3 is 10.2 Å². The summed E-state index contributed by atoms with van der Waals surface area (Å²) in [6.45, 7) is 4.34. The van der Waals surface area contributed by atoms with Crippen molar-refractivity contribution in [3.05, 3.63) is 41.0 Å². The van der Waals surface area contributed by atoms with Crippen molar-refractivity contribution in [2.45, 2.75) is 39.0 Å². The Morgan fingerprint density at radius 3 is 2.70 bits per heavy atom. The maximum Gasteiger partial charge on any atom is 0.229 e. The lowest BCUT2D eigenvalue weighted by molar-refractivity contribution is 0.573. The van der Waals surface area contributed by atoms with Gasteiger partial charge in [-0.15, -0.1) is 0 Å². The Bertz CT molecular complexity index is 653. The van der Waals surface area contributed by atoms with Crippen LogP contribution in [0.2, 0.25) is 5.02 Å². The number of aromatic nitrogens is 2. The van der Waals surface area contributed by atoms with Crippen LogP contribution in [0.3, 0.4) is 0 Å². The molecule has 0 spiro atoms. The quantitative estimate of drug-likeness (QED) is 0.853. The fraction of sp³-hybridized carbons (Fsp3) is 0.444. The van der Waals surface area contributed by atoms with Crippen molar-refractivity contribution in [2.24, 2.45) is 0 Å². The number of nitrogens with one attached hydrogen (secondary N) is 1. The van der Waals surface area contributed by atoms with E-state index in [9.17, 15) is 0 Å². The Hall–Kier alpha value is -1.81. The van der Waals surface area contributed by atoms with E-state index in [4.69, 9.17) is 16.6 Å². The normalized spacial score (nSPS) is 14.8. The Morgan fingerprint density at radius 1 is 1.13 bits per heavy atom. The second-order valence-corrected chi connectivity index (χ2v) is 6.41. The van der Waals surface area contributed by atoms with E-state index in [2.05, 4.69) is 28.2 Å².